The van der Waals surface area contributed by atoms with Gasteiger partial charge in [-0.15, -0.1) is 0 Å². The maximum atomic E-state index is 5.60. The van der Waals surface area contributed by atoms with Crippen molar-refractivity contribution >= 4 is 0 Å². The number of nitrogens with one attached hydrogen (secondary N) is 1. The first-order valence-electron chi connectivity index (χ1n) is 7.97. The normalized spacial score (nSPS) is 25.8. The van der Waals surface area contributed by atoms with Gasteiger partial charge in [-0.1, -0.05) is 6.07 Å². The average molecular weight is 291 g/mol. The molecular formula is C17H25NO3. The smallest absolute Gasteiger partial charge is 0.231 e. The van der Waals surface area contributed by atoms with Crippen LogP contribution in [0, 0.1) is 0 Å². The molecule has 0 radical (unpaired) electrons. The molecule has 4 nitrogen and oxygen atoms in total. The van der Waals surface area contributed by atoms with E-state index in [1.54, 1.807) is 0 Å². The van der Waals surface area contributed by atoms with Gasteiger partial charge >= 0.3 is 0 Å². The van der Waals surface area contributed by atoms with Crippen molar-refractivity contribution in [3.05, 3.63) is 23.8 Å². The van der Waals surface area contributed by atoms with Gasteiger partial charge in [-0.25, -0.2) is 0 Å². The fourth-order valence-electron chi connectivity index (χ4n) is 3.11. The van der Waals surface area contributed by atoms with E-state index in [1.807, 2.05) is 6.07 Å². The molecule has 0 saturated carbocycles. The van der Waals surface area contributed by atoms with Gasteiger partial charge < -0.3 is 19.5 Å². The van der Waals surface area contributed by atoms with E-state index in [1.165, 1.54) is 5.56 Å². The van der Waals surface area contributed by atoms with Crippen molar-refractivity contribution in [1.82, 2.24) is 5.32 Å². The number of ether oxygens (including phenoxy) is 3. The third-order valence-corrected chi connectivity index (χ3v) is 4.31. The molecule has 2 aliphatic rings. The van der Waals surface area contributed by atoms with E-state index < -0.39 is 0 Å². The molecule has 1 aromatic carbocycles. The van der Waals surface area contributed by atoms with Crippen LogP contribution < -0.4 is 14.8 Å². The molecule has 0 amide bonds. The molecule has 1 saturated heterocycles. The maximum Gasteiger partial charge on any atom is 0.231 e. The van der Waals surface area contributed by atoms with Gasteiger partial charge in [0.25, 0.3) is 0 Å². The Balaban J connectivity index is 1.46. The number of aryl methyl sites for hydroxylation is 1. The van der Waals surface area contributed by atoms with E-state index in [4.69, 9.17) is 14.2 Å². The largest absolute Gasteiger partial charge is 0.454 e. The van der Waals surface area contributed by atoms with Crippen LogP contribution in [-0.4, -0.2) is 31.6 Å². The fourth-order valence-corrected chi connectivity index (χ4v) is 3.11. The average Bonchev–Trinajstić information content (AvgIpc) is 2.92. The van der Waals surface area contributed by atoms with Gasteiger partial charge in [0.15, 0.2) is 11.5 Å². The Bertz CT molecular complexity index is 477. The molecule has 2 aliphatic heterocycles. The highest BCUT2D eigenvalue weighted by molar-refractivity contribution is 5.44. The third kappa shape index (κ3) is 3.89. The molecule has 3 unspecified atom stereocenters. The lowest BCUT2D eigenvalue weighted by molar-refractivity contribution is 0.0115. The Morgan fingerprint density at radius 2 is 2.14 bits per heavy atom. The van der Waals surface area contributed by atoms with Crippen LogP contribution in [0.15, 0.2) is 18.2 Å². The number of hydrogen-bond donors (Lipinski definition) is 1. The monoisotopic (exact) mass is 291 g/mol. The van der Waals surface area contributed by atoms with Gasteiger partial charge in [0, 0.05) is 18.7 Å². The Labute approximate surface area is 126 Å². The lowest BCUT2D eigenvalue weighted by atomic mass is 10.0. The number of fused-ring (bicyclic) bond motifs is 1. The molecule has 3 atom stereocenters. The van der Waals surface area contributed by atoms with Gasteiger partial charge in [-0.2, -0.15) is 0 Å². The molecule has 0 aliphatic carbocycles. The summed E-state index contributed by atoms with van der Waals surface area (Å²) >= 11 is 0. The highest BCUT2D eigenvalue weighted by Crippen LogP contribution is 2.32. The third-order valence-electron chi connectivity index (χ3n) is 4.31. The van der Waals surface area contributed by atoms with Gasteiger partial charge in [0.05, 0.1) is 6.10 Å². The Morgan fingerprint density at radius 1 is 1.29 bits per heavy atom. The van der Waals surface area contributed by atoms with Crippen molar-refractivity contribution < 1.29 is 14.2 Å². The highest BCUT2D eigenvalue weighted by atomic mass is 16.7. The Hall–Kier alpha value is -1.26. The molecule has 116 valence electrons. The summed E-state index contributed by atoms with van der Waals surface area (Å²) in [5, 5.41) is 3.74. The first-order valence-corrected chi connectivity index (χ1v) is 7.97. The molecule has 0 bridgehead atoms. The molecule has 3 rings (SSSR count). The summed E-state index contributed by atoms with van der Waals surface area (Å²) in [6.07, 6.45) is 4.82. The van der Waals surface area contributed by atoms with Crippen molar-refractivity contribution in [2.45, 2.75) is 57.7 Å². The zero-order valence-electron chi connectivity index (χ0n) is 12.9. The summed E-state index contributed by atoms with van der Waals surface area (Å²) in [6, 6.07) is 7.37. The zero-order valence-corrected chi connectivity index (χ0v) is 12.9. The van der Waals surface area contributed by atoms with Crippen molar-refractivity contribution in [2.75, 3.05) is 13.4 Å². The molecular weight excluding hydrogens is 266 g/mol. The SMILES string of the molecule is CC(CCc1ccc2c(c1)OCO2)NC1CCOC(C)C1. The fraction of sp³-hybridized carbons (Fsp3) is 0.647. The van der Waals surface area contributed by atoms with Crippen molar-refractivity contribution in [3.8, 4) is 11.5 Å². The minimum atomic E-state index is 0.346. The number of benzene rings is 1. The van der Waals surface area contributed by atoms with Crippen LogP contribution in [0.25, 0.3) is 0 Å². The lowest BCUT2D eigenvalue weighted by Gasteiger charge is -2.30. The quantitative estimate of drug-likeness (QED) is 0.905. The first kappa shape index (κ1) is 14.7. The second-order valence-corrected chi connectivity index (χ2v) is 6.20. The van der Waals surface area contributed by atoms with Gasteiger partial charge in [-0.05, 0) is 57.2 Å². The van der Waals surface area contributed by atoms with E-state index in [-0.39, 0.29) is 0 Å². The molecule has 2 heterocycles. The summed E-state index contributed by atoms with van der Waals surface area (Å²) in [7, 11) is 0. The van der Waals surface area contributed by atoms with Gasteiger partial charge in [0.1, 0.15) is 0 Å². The minimum Gasteiger partial charge on any atom is -0.454 e. The molecule has 1 fully saturated rings. The van der Waals surface area contributed by atoms with Crippen LogP contribution in [0.1, 0.15) is 38.7 Å². The minimum absolute atomic E-state index is 0.346. The van der Waals surface area contributed by atoms with Crippen LogP contribution in [0.4, 0.5) is 0 Å². The van der Waals surface area contributed by atoms with Crippen LogP contribution >= 0.6 is 0 Å². The van der Waals surface area contributed by atoms with Crippen LogP contribution in [-0.2, 0) is 11.2 Å². The zero-order chi connectivity index (χ0) is 14.7. The summed E-state index contributed by atoms with van der Waals surface area (Å²) in [4.78, 5) is 0. The second-order valence-electron chi connectivity index (χ2n) is 6.20. The summed E-state index contributed by atoms with van der Waals surface area (Å²) in [5.41, 5.74) is 1.31. The van der Waals surface area contributed by atoms with E-state index >= 15 is 0 Å². The van der Waals surface area contributed by atoms with E-state index in [0.29, 0.717) is 25.0 Å². The molecule has 1 aromatic rings. The van der Waals surface area contributed by atoms with Crippen molar-refractivity contribution in [1.29, 1.82) is 0 Å². The topological polar surface area (TPSA) is 39.7 Å². The second kappa shape index (κ2) is 6.67. The van der Waals surface area contributed by atoms with Gasteiger partial charge in [-0.3, -0.25) is 0 Å². The summed E-state index contributed by atoms with van der Waals surface area (Å²) in [6.45, 7) is 5.66. The Kier molecular flexibility index (Phi) is 4.66. The molecule has 0 aromatic heterocycles. The van der Waals surface area contributed by atoms with Crippen molar-refractivity contribution in [2.24, 2.45) is 0 Å². The van der Waals surface area contributed by atoms with Gasteiger partial charge in [0.2, 0.25) is 6.79 Å². The summed E-state index contributed by atoms with van der Waals surface area (Å²) < 4.78 is 16.4. The van der Waals surface area contributed by atoms with Crippen molar-refractivity contribution in [3.63, 3.8) is 0 Å². The molecule has 0 spiro atoms. The first-order chi connectivity index (χ1) is 10.2. The maximum absolute atomic E-state index is 5.60. The number of hydrogen-bond acceptors (Lipinski definition) is 4. The molecule has 4 heteroatoms. The Morgan fingerprint density at radius 3 is 3.00 bits per heavy atom. The predicted molar refractivity (Wildman–Crippen MR) is 81.9 cm³/mol. The number of rotatable bonds is 5. The summed E-state index contributed by atoms with van der Waals surface area (Å²) in [5.74, 6) is 1.74. The van der Waals surface area contributed by atoms with E-state index in [2.05, 4.69) is 31.3 Å². The van der Waals surface area contributed by atoms with E-state index in [9.17, 15) is 0 Å². The van der Waals surface area contributed by atoms with Crippen LogP contribution in [0.3, 0.4) is 0 Å². The highest BCUT2D eigenvalue weighted by Gasteiger charge is 2.20. The lowest BCUT2D eigenvalue weighted by Crippen LogP contribution is -2.42. The standard InChI is InChI=1S/C17H25NO3/c1-12(18-15-7-8-19-13(2)9-15)3-4-14-5-6-16-17(10-14)21-11-20-16/h5-6,10,12-13,15,18H,3-4,7-9,11H2,1-2H3. The van der Waals surface area contributed by atoms with Crippen LogP contribution in [0.5, 0.6) is 11.5 Å². The predicted octanol–water partition coefficient (Wildman–Crippen LogP) is 2.89. The molecule has 21 heavy (non-hydrogen) atoms. The van der Waals surface area contributed by atoms with Crippen LogP contribution in [0.2, 0.25) is 0 Å². The van der Waals surface area contributed by atoms with E-state index in [0.717, 1.165) is 43.8 Å². The molecule has 1 N–H and O–H groups in total.